The number of hydrogen-bond donors (Lipinski definition) is 2. The standard InChI is InChI=1S/C18H17ClN6O3S/c1-9(17(27)28)25-6-4-12-10(16(25)26)7-13(29-12)15-11(19)8-20-18(23-15)22-14-3-5-21-24(14)2/h3,5,7-9H,4,6H2,1-2H3,(H,27,28)(H,20,22,23). The maximum atomic E-state index is 12.8. The molecule has 0 aliphatic carbocycles. The van der Waals surface area contributed by atoms with Gasteiger partial charge in [-0.15, -0.1) is 11.3 Å². The van der Waals surface area contributed by atoms with E-state index in [0.717, 1.165) is 15.6 Å². The number of halogens is 1. The van der Waals surface area contributed by atoms with Crippen LogP contribution in [0.1, 0.15) is 22.2 Å². The normalized spacial score (nSPS) is 14.6. The third-order valence-electron chi connectivity index (χ3n) is 4.74. The Balaban J connectivity index is 1.66. The molecule has 3 aromatic heterocycles. The fourth-order valence-electron chi connectivity index (χ4n) is 3.10. The molecule has 150 valence electrons. The number of aryl methyl sites for hydroxylation is 1. The van der Waals surface area contributed by atoms with Crippen LogP contribution in [0.2, 0.25) is 5.02 Å². The molecule has 0 bridgehead atoms. The maximum absolute atomic E-state index is 12.8. The molecule has 4 heterocycles. The van der Waals surface area contributed by atoms with Gasteiger partial charge in [-0.05, 0) is 13.0 Å². The average molecular weight is 433 g/mol. The molecular weight excluding hydrogens is 416 g/mol. The second-order valence-corrected chi connectivity index (χ2v) is 8.11. The van der Waals surface area contributed by atoms with Gasteiger partial charge >= 0.3 is 5.97 Å². The molecule has 0 saturated heterocycles. The first-order chi connectivity index (χ1) is 13.8. The SMILES string of the molecule is CC(C(=O)O)N1CCc2sc(-c3nc(Nc4ccnn4C)ncc3Cl)cc2C1=O. The van der Waals surface area contributed by atoms with Crippen LogP contribution >= 0.6 is 22.9 Å². The number of nitrogens with zero attached hydrogens (tertiary/aromatic N) is 5. The van der Waals surface area contributed by atoms with Gasteiger partial charge in [0.25, 0.3) is 5.91 Å². The molecule has 1 aliphatic rings. The second kappa shape index (κ2) is 7.45. The summed E-state index contributed by atoms with van der Waals surface area (Å²) in [5, 5.41) is 16.8. The summed E-state index contributed by atoms with van der Waals surface area (Å²) >= 11 is 7.76. The molecule has 2 N–H and O–H groups in total. The highest BCUT2D eigenvalue weighted by atomic mass is 35.5. The molecule has 1 unspecified atom stereocenters. The van der Waals surface area contributed by atoms with Crippen molar-refractivity contribution in [2.75, 3.05) is 11.9 Å². The zero-order chi connectivity index (χ0) is 20.7. The van der Waals surface area contributed by atoms with Crippen LogP contribution in [-0.4, -0.2) is 54.2 Å². The molecule has 0 fully saturated rings. The first kappa shape index (κ1) is 19.3. The van der Waals surface area contributed by atoms with Crippen molar-refractivity contribution in [3.63, 3.8) is 0 Å². The summed E-state index contributed by atoms with van der Waals surface area (Å²) in [6.45, 7) is 1.88. The van der Waals surface area contributed by atoms with Gasteiger partial charge in [0.05, 0.1) is 27.9 Å². The van der Waals surface area contributed by atoms with E-state index in [4.69, 9.17) is 11.6 Å². The molecule has 9 nitrogen and oxygen atoms in total. The van der Waals surface area contributed by atoms with Crippen molar-refractivity contribution < 1.29 is 14.7 Å². The molecule has 0 spiro atoms. The Labute approximate surface area is 175 Å². The summed E-state index contributed by atoms with van der Waals surface area (Å²) in [5.41, 5.74) is 1.01. The van der Waals surface area contributed by atoms with E-state index < -0.39 is 12.0 Å². The lowest BCUT2D eigenvalue weighted by atomic mass is 10.1. The van der Waals surface area contributed by atoms with Crippen molar-refractivity contribution in [3.05, 3.63) is 40.0 Å². The summed E-state index contributed by atoms with van der Waals surface area (Å²) in [6, 6.07) is 2.64. The third-order valence-corrected chi connectivity index (χ3v) is 6.22. The summed E-state index contributed by atoms with van der Waals surface area (Å²) < 4.78 is 1.65. The minimum Gasteiger partial charge on any atom is -0.480 e. The number of hydrogen-bond acceptors (Lipinski definition) is 7. The van der Waals surface area contributed by atoms with E-state index in [-0.39, 0.29) is 5.91 Å². The molecule has 0 radical (unpaired) electrons. The Morgan fingerprint density at radius 1 is 1.45 bits per heavy atom. The third kappa shape index (κ3) is 3.56. The molecule has 3 aromatic rings. The van der Waals surface area contributed by atoms with Crippen LogP contribution in [-0.2, 0) is 18.3 Å². The van der Waals surface area contributed by atoms with E-state index in [1.807, 2.05) is 0 Å². The minimum atomic E-state index is -1.03. The Hall–Kier alpha value is -2.98. The van der Waals surface area contributed by atoms with E-state index in [0.29, 0.717) is 35.2 Å². The van der Waals surface area contributed by atoms with Gasteiger partial charge in [-0.2, -0.15) is 5.10 Å². The van der Waals surface area contributed by atoms with Gasteiger partial charge < -0.3 is 15.3 Å². The largest absolute Gasteiger partial charge is 0.480 e. The summed E-state index contributed by atoms with van der Waals surface area (Å²) in [5.74, 6) is -0.243. The Bertz CT molecular complexity index is 1110. The number of carbonyl (C=O) groups is 2. The molecule has 29 heavy (non-hydrogen) atoms. The average Bonchev–Trinajstić information content (AvgIpc) is 3.30. The van der Waals surface area contributed by atoms with Crippen molar-refractivity contribution in [3.8, 4) is 10.6 Å². The van der Waals surface area contributed by atoms with Gasteiger partial charge in [0.2, 0.25) is 5.95 Å². The smallest absolute Gasteiger partial charge is 0.326 e. The zero-order valence-electron chi connectivity index (χ0n) is 15.6. The molecule has 1 amide bonds. The highest BCUT2D eigenvalue weighted by molar-refractivity contribution is 7.16. The maximum Gasteiger partial charge on any atom is 0.326 e. The number of nitrogens with one attached hydrogen (secondary N) is 1. The number of amides is 1. The van der Waals surface area contributed by atoms with Crippen molar-refractivity contribution in [2.45, 2.75) is 19.4 Å². The van der Waals surface area contributed by atoms with Gasteiger partial charge in [-0.1, -0.05) is 11.6 Å². The number of carboxylic acids is 1. The Morgan fingerprint density at radius 3 is 2.93 bits per heavy atom. The number of fused-ring (bicyclic) bond motifs is 1. The second-order valence-electron chi connectivity index (χ2n) is 6.57. The quantitative estimate of drug-likeness (QED) is 0.637. The zero-order valence-corrected chi connectivity index (χ0v) is 17.2. The van der Waals surface area contributed by atoms with E-state index in [9.17, 15) is 14.7 Å². The van der Waals surface area contributed by atoms with Gasteiger partial charge in [0.1, 0.15) is 17.6 Å². The lowest BCUT2D eigenvalue weighted by Gasteiger charge is -2.29. The van der Waals surface area contributed by atoms with Crippen molar-refractivity contribution in [2.24, 2.45) is 7.05 Å². The van der Waals surface area contributed by atoms with Gasteiger partial charge in [0.15, 0.2) is 0 Å². The van der Waals surface area contributed by atoms with E-state index in [1.165, 1.54) is 29.4 Å². The van der Waals surface area contributed by atoms with Crippen LogP contribution in [0.5, 0.6) is 0 Å². The van der Waals surface area contributed by atoms with Crippen LogP contribution in [0, 0.1) is 0 Å². The van der Waals surface area contributed by atoms with E-state index >= 15 is 0 Å². The molecule has 1 atom stereocenters. The van der Waals surface area contributed by atoms with Crippen LogP contribution in [0.15, 0.2) is 24.5 Å². The molecule has 1 aliphatic heterocycles. The monoisotopic (exact) mass is 432 g/mol. The van der Waals surface area contributed by atoms with Crippen LogP contribution < -0.4 is 5.32 Å². The Morgan fingerprint density at radius 2 is 2.24 bits per heavy atom. The fraction of sp³-hybridized carbons (Fsp3) is 0.278. The fourth-order valence-corrected chi connectivity index (χ4v) is 4.50. The summed E-state index contributed by atoms with van der Waals surface area (Å²) in [6.07, 6.45) is 3.75. The van der Waals surface area contributed by atoms with Crippen LogP contribution in [0.4, 0.5) is 11.8 Å². The predicted molar refractivity (Wildman–Crippen MR) is 109 cm³/mol. The number of carbonyl (C=O) groups excluding carboxylic acids is 1. The minimum absolute atomic E-state index is 0.290. The molecule has 0 aromatic carbocycles. The van der Waals surface area contributed by atoms with Gasteiger partial charge in [-0.3, -0.25) is 9.48 Å². The van der Waals surface area contributed by atoms with Crippen molar-refractivity contribution in [1.82, 2.24) is 24.6 Å². The first-order valence-corrected chi connectivity index (χ1v) is 9.99. The van der Waals surface area contributed by atoms with Crippen LogP contribution in [0.3, 0.4) is 0 Å². The predicted octanol–water partition coefficient (Wildman–Crippen LogP) is 2.81. The number of anilines is 2. The molecular formula is C18H17ClN6O3S. The van der Waals surface area contributed by atoms with E-state index in [1.54, 1.807) is 30.1 Å². The number of carboxylic acid groups (broad SMARTS) is 1. The highest BCUT2D eigenvalue weighted by Crippen LogP contribution is 2.37. The van der Waals surface area contributed by atoms with Crippen molar-refractivity contribution >= 4 is 46.6 Å². The number of aliphatic carboxylic acids is 1. The number of rotatable bonds is 5. The summed E-state index contributed by atoms with van der Waals surface area (Å²) in [4.78, 5) is 35.8. The van der Waals surface area contributed by atoms with E-state index in [2.05, 4.69) is 20.4 Å². The number of aromatic nitrogens is 4. The molecule has 0 saturated carbocycles. The molecule has 4 rings (SSSR count). The molecule has 11 heteroatoms. The Kier molecular flexibility index (Phi) is 4.97. The first-order valence-electron chi connectivity index (χ1n) is 8.79. The topological polar surface area (TPSA) is 113 Å². The van der Waals surface area contributed by atoms with Crippen molar-refractivity contribution in [1.29, 1.82) is 0 Å². The summed E-state index contributed by atoms with van der Waals surface area (Å²) in [7, 11) is 1.79. The van der Waals surface area contributed by atoms with Crippen LogP contribution in [0.25, 0.3) is 10.6 Å². The van der Waals surface area contributed by atoms with Gasteiger partial charge in [0, 0.05) is 31.0 Å². The lowest BCUT2D eigenvalue weighted by Crippen LogP contribution is -2.46. The lowest BCUT2D eigenvalue weighted by molar-refractivity contribution is -0.141. The number of thiophene rings is 1. The van der Waals surface area contributed by atoms with Gasteiger partial charge in [-0.25, -0.2) is 14.8 Å². The highest BCUT2D eigenvalue weighted by Gasteiger charge is 2.33.